The summed E-state index contributed by atoms with van der Waals surface area (Å²) in [5.41, 5.74) is 2.46. The third kappa shape index (κ3) is 2.75. The lowest BCUT2D eigenvalue weighted by Gasteiger charge is -2.37. The highest BCUT2D eigenvalue weighted by Crippen LogP contribution is 2.61. The average molecular weight is 505 g/mol. The van der Waals surface area contributed by atoms with Gasteiger partial charge in [-0.2, -0.15) is 0 Å². The second-order valence-electron chi connectivity index (χ2n) is 9.95. The van der Waals surface area contributed by atoms with E-state index >= 15 is 0 Å². The van der Waals surface area contributed by atoms with Crippen molar-refractivity contribution in [2.45, 2.75) is 24.9 Å². The fraction of sp³-hybridized carbons (Fsp3) is 0.161. The molecule has 3 heterocycles. The van der Waals surface area contributed by atoms with Gasteiger partial charge in [0.15, 0.2) is 17.3 Å². The number of benzene rings is 3. The molecule has 1 spiro atoms. The van der Waals surface area contributed by atoms with Crippen LogP contribution in [0.3, 0.4) is 0 Å². The maximum Gasteiger partial charge on any atom is 0.180 e. The van der Waals surface area contributed by atoms with Crippen molar-refractivity contribution in [2.24, 2.45) is 5.41 Å². The van der Waals surface area contributed by atoms with Crippen LogP contribution in [0.4, 0.5) is 5.69 Å². The fourth-order valence-corrected chi connectivity index (χ4v) is 6.91. The summed E-state index contributed by atoms with van der Waals surface area (Å²) in [5.74, 6) is -1.32. The highest BCUT2D eigenvalue weighted by molar-refractivity contribution is 6.32. The van der Waals surface area contributed by atoms with Crippen molar-refractivity contribution < 1.29 is 14.4 Å². The van der Waals surface area contributed by atoms with Crippen molar-refractivity contribution in [3.8, 4) is 0 Å². The first-order chi connectivity index (χ1) is 17.9. The van der Waals surface area contributed by atoms with Crippen LogP contribution in [0.25, 0.3) is 17.0 Å². The minimum atomic E-state index is -1.50. The topological polar surface area (TPSA) is 67.3 Å². The van der Waals surface area contributed by atoms with Crippen molar-refractivity contribution in [3.05, 3.63) is 112 Å². The van der Waals surface area contributed by atoms with Crippen molar-refractivity contribution in [2.75, 3.05) is 4.90 Å². The zero-order valence-corrected chi connectivity index (χ0v) is 20.6. The van der Waals surface area contributed by atoms with Crippen LogP contribution in [0.5, 0.6) is 0 Å². The molecule has 6 heteroatoms. The average Bonchev–Trinajstić information content (AvgIpc) is 3.35. The Morgan fingerprint density at radius 3 is 2.30 bits per heavy atom. The van der Waals surface area contributed by atoms with E-state index in [1.165, 1.54) is 6.92 Å². The summed E-state index contributed by atoms with van der Waals surface area (Å²) in [4.78, 5) is 49.2. The Balaban J connectivity index is 1.58. The second kappa shape index (κ2) is 7.70. The quantitative estimate of drug-likeness (QED) is 0.317. The molecule has 3 aromatic carbocycles. The highest BCUT2D eigenvalue weighted by Gasteiger charge is 2.71. The molecule has 2 aliphatic heterocycles. The first kappa shape index (κ1) is 22.1. The van der Waals surface area contributed by atoms with Crippen LogP contribution in [-0.4, -0.2) is 34.4 Å². The smallest absolute Gasteiger partial charge is 0.180 e. The molecule has 1 aromatic heterocycles. The van der Waals surface area contributed by atoms with Crippen LogP contribution in [0, 0.1) is 5.41 Å². The molecule has 0 bridgehead atoms. The molecule has 0 amide bonds. The fourth-order valence-electron chi connectivity index (χ4n) is 6.78. The van der Waals surface area contributed by atoms with Gasteiger partial charge in [-0.05, 0) is 36.2 Å². The Kier molecular flexibility index (Phi) is 4.61. The van der Waals surface area contributed by atoms with Gasteiger partial charge >= 0.3 is 0 Å². The Labute approximate surface area is 218 Å². The van der Waals surface area contributed by atoms with Crippen LogP contribution in [0.1, 0.15) is 44.7 Å². The summed E-state index contributed by atoms with van der Waals surface area (Å²) in [6.45, 7) is 1.54. The largest absolute Gasteiger partial charge is 0.351 e. The lowest BCUT2D eigenvalue weighted by molar-refractivity contribution is -0.118. The number of hydrogen-bond acceptors (Lipinski definition) is 5. The van der Waals surface area contributed by atoms with E-state index in [2.05, 4.69) is 4.98 Å². The molecule has 0 saturated carbocycles. The van der Waals surface area contributed by atoms with Gasteiger partial charge in [0, 0.05) is 33.7 Å². The maximum atomic E-state index is 14.4. The third-order valence-electron chi connectivity index (χ3n) is 8.18. The minimum Gasteiger partial charge on any atom is -0.351 e. The number of ketones is 3. The molecule has 3 atom stereocenters. The SMILES string of the molecule is CC(=O)[C@@H]1[C@@H](c2ccc(Cl)cc2)C2(C(=O)c3ccccc3C2=O)C2C=Cc3ccc4cccnc4c3N21. The van der Waals surface area contributed by atoms with E-state index in [0.29, 0.717) is 16.1 Å². The Morgan fingerprint density at radius 1 is 0.919 bits per heavy atom. The number of hydrogen-bond donors (Lipinski definition) is 0. The van der Waals surface area contributed by atoms with Crippen molar-refractivity contribution in [1.82, 2.24) is 4.98 Å². The molecule has 1 fully saturated rings. The third-order valence-corrected chi connectivity index (χ3v) is 8.43. The van der Waals surface area contributed by atoms with Gasteiger partial charge < -0.3 is 4.90 Å². The zero-order valence-electron chi connectivity index (χ0n) is 19.9. The standard InChI is InChI=1S/C31H21ClN2O3/c1-17(35)27-25(18-10-13-21(32)14-11-18)31(29(36)22-6-2-3-7-23(22)30(31)37)24-15-12-20-9-8-19-5-4-16-33-26(19)28(20)34(24)27/h2-16,24-25,27H,1H3/t24?,25-,27-/m1/s1. The van der Waals surface area contributed by atoms with E-state index in [4.69, 9.17) is 11.6 Å². The second-order valence-corrected chi connectivity index (χ2v) is 10.4. The van der Waals surface area contributed by atoms with E-state index in [0.717, 1.165) is 27.7 Å². The van der Waals surface area contributed by atoms with Gasteiger partial charge in [0.2, 0.25) is 0 Å². The summed E-state index contributed by atoms with van der Waals surface area (Å²) in [5, 5.41) is 1.47. The summed E-state index contributed by atoms with van der Waals surface area (Å²) in [7, 11) is 0. The minimum absolute atomic E-state index is 0.118. The molecular formula is C31H21ClN2O3. The molecule has 3 aliphatic rings. The van der Waals surface area contributed by atoms with Crippen molar-refractivity contribution >= 4 is 51.6 Å². The van der Waals surface area contributed by atoms with Gasteiger partial charge in [-0.15, -0.1) is 0 Å². The molecule has 37 heavy (non-hydrogen) atoms. The number of halogens is 1. The van der Waals surface area contributed by atoms with Crippen LogP contribution in [0.2, 0.25) is 5.02 Å². The van der Waals surface area contributed by atoms with Crippen LogP contribution >= 0.6 is 11.6 Å². The van der Waals surface area contributed by atoms with Gasteiger partial charge in [0.05, 0.1) is 23.3 Å². The molecule has 1 aliphatic carbocycles. The summed E-state index contributed by atoms with van der Waals surface area (Å²) in [6, 6.07) is 20.6. The monoisotopic (exact) mass is 504 g/mol. The van der Waals surface area contributed by atoms with Gasteiger partial charge in [-0.3, -0.25) is 19.4 Å². The summed E-state index contributed by atoms with van der Waals surface area (Å²) in [6.07, 6.45) is 5.60. The first-order valence-corrected chi connectivity index (χ1v) is 12.6. The van der Waals surface area contributed by atoms with E-state index in [1.54, 1.807) is 42.6 Å². The van der Waals surface area contributed by atoms with Crippen LogP contribution in [0.15, 0.2) is 85.1 Å². The first-order valence-electron chi connectivity index (χ1n) is 12.2. The van der Waals surface area contributed by atoms with Gasteiger partial charge in [0.1, 0.15) is 5.41 Å². The number of rotatable bonds is 2. The van der Waals surface area contributed by atoms with Gasteiger partial charge in [-0.1, -0.05) is 78.4 Å². The molecule has 1 saturated heterocycles. The molecule has 0 N–H and O–H groups in total. The molecule has 180 valence electrons. The van der Waals surface area contributed by atoms with Gasteiger partial charge in [-0.25, -0.2) is 0 Å². The van der Waals surface area contributed by atoms with E-state index in [9.17, 15) is 14.4 Å². The number of anilines is 1. The van der Waals surface area contributed by atoms with Crippen molar-refractivity contribution in [3.63, 3.8) is 0 Å². The predicted molar refractivity (Wildman–Crippen MR) is 143 cm³/mol. The Hall–Kier alpha value is -4.09. The van der Waals surface area contributed by atoms with Crippen LogP contribution < -0.4 is 4.90 Å². The normalized spacial score (nSPS) is 22.9. The van der Waals surface area contributed by atoms with E-state index in [-0.39, 0.29) is 17.3 Å². The Morgan fingerprint density at radius 2 is 1.62 bits per heavy atom. The molecule has 1 unspecified atom stereocenters. The summed E-state index contributed by atoms with van der Waals surface area (Å²) < 4.78 is 0. The van der Waals surface area contributed by atoms with Crippen molar-refractivity contribution in [1.29, 1.82) is 0 Å². The van der Waals surface area contributed by atoms with Gasteiger partial charge in [0.25, 0.3) is 0 Å². The molecular weight excluding hydrogens is 484 g/mol. The lowest BCUT2D eigenvalue weighted by atomic mass is 9.64. The number of nitrogens with zero attached hydrogens (tertiary/aromatic N) is 2. The molecule has 7 rings (SSSR count). The van der Waals surface area contributed by atoms with E-state index in [1.807, 2.05) is 53.5 Å². The summed E-state index contributed by atoms with van der Waals surface area (Å²) >= 11 is 6.22. The van der Waals surface area contributed by atoms with E-state index < -0.39 is 23.4 Å². The number of aromatic nitrogens is 1. The number of Topliss-reactive ketones (excluding diaryl/α,β-unsaturated/α-hetero) is 3. The van der Waals surface area contributed by atoms with Crippen LogP contribution in [-0.2, 0) is 4.79 Å². The molecule has 4 aromatic rings. The maximum absolute atomic E-state index is 14.4. The number of carbonyl (C=O) groups excluding carboxylic acids is 3. The molecule has 0 radical (unpaired) electrons. The predicted octanol–water partition coefficient (Wildman–Crippen LogP) is 5.91. The Bertz CT molecular complexity index is 1660. The number of fused-ring (bicyclic) bond motifs is 7. The lowest BCUT2D eigenvalue weighted by Crippen LogP contribution is -2.48. The molecule has 5 nitrogen and oxygen atoms in total. The highest BCUT2D eigenvalue weighted by atomic mass is 35.5. The zero-order chi connectivity index (χ0) is 25.5. The number of carbonyl (C=O) groups is 3. The number of pyridine rings is 1.